The highest BCUT2D eigenvalue weighted by Gasteiger charge is 2.19. The summed E-state index contributed by atoms with van der Waals surface area (Å²) in [4.78, 5) is 6.63. The Morgan fingerprint density at radius 1 is 1.09 bits per heavy atom. The molecule has 1 N–H and O–H groups in total. The molecule has 1 aliphatic heterocycles. The Balaban J connectivity index is 1.67. The van der Waals surface area contributed by atoms with Crippen molar-refractivity contribution >= 4 is 0 Å². The summed E-state index contributed by atoms with van der Waals surface area (Å²) in [7, 11) is 0. The molecule has 1 aromatic carbocycles. The highest BCUT2D eigenvalue weighted by molar-refractivity contribution is 5.22. The normalized spacial score (nSPS) is 17.7. The molecule has 1 unspecified atom stereocenters. The van der Waals surface area contributed by atoms with Crippen LogP contribution in [0.25, 0.3) is 0 Å². The minimum atomic E-state index is 0.0929. The standard InChI is InChI=1S/C19H24N2O2/c22-15-17-7-5-16(6-8-17)12-21(14-19-4-2-10-23-19)13-18-3-1-9-20-11-18/h1,3,5-9,11,19,22H,2,4,10,12-15H2. The molecule has 0 spiro atoms. The van der Waals surface area contributed by atoms with Crippen molar-refractivity contribution in [2.45, 2.75) is 38.6 Å². The molecular weight excluding hydrogens is 288 g/mol. The zero-order valence-corrected chi connectivity index (χ0v) is 13.4. The third-order valence-electron chi connectivity index (χ3n) is 4.23. The molecule has 0 bridgehead atoms. The van der Waals surface area contributed by atoms with Crippen LogP contribution in [0.15, 0.2) is 48.8 Å². The zero-order valence-electron chi connectivity index (χ0n) is 13.4. The van der Waals surface area contributed by atoms with Crippen molar-refractivity contribution in [2.24, 2.45) is 0 Å². The van der Waals surface area contributed by atoms with Crippen LogP contribution in [0.5, 0.6) is 0 Å². The number of nitrogens with zero attached hydrogens (tertiary/aromatic N) is 2. The lowest BCUT2D eigenvalue weighted by atomic mass is 10.1. The predicted molar refractivity (Wildman–Crippen MR) is 89.7 cm³/mol. The maximum absolute atomic E-state index is 9.16. The molecule has 4 nitrogen and oxygen atoms in total. The predicted octanol–water partition coefficient (Wildman–Crippen LogP) is 2.76. The fraction of sp³-hybridized carbons (Fsp3) is 0.421. The van der Waals surface area contributed by atoms with Gasteiger partial charge in [-0.25, -0.2) is 0 Å². The summed E-state index contributed by atoms with van der Waals surface area (Å²) >= 11 is 0. The van der Waals surface area contributed by atoms with E-state index in [9.17, 15) is 0 Å². The summed E-state index contributed by atoms with van der Waals surface area (Å²) in [6.07, 6.45) is 6.38. The van der Waals surface area contributed by atoms with Gasteiger partial charge in [0.2, 0.25) is 0 Å². The molecule has 23 heavy (non-hydrogen) atoms. The minimum absolute atomic E-state index is 0.0929. The first kappa shape index (κ1) is 16.1. The lowest BCUT2D eigenvalue weighted by Gasteiger charge is -2.25. The van der Waals surface area contributed by atoms with Gasteiger partial charge in [-0.3, -0.25) is 9.88 Å². The van der Waals surface area contributed by atoms with Crippen LogP contribution in [0, 0.1) is 0 Å². The van der Waals surface area contributed by atoms with Crippen LogP contribution >= 0.6 is 0 Å². The topological polar surface area (TPSA) is 45.6 Å². The number of hydrogen-bond donors (Lipinski definition) is 1. The molecule has 0 amide bonds. The van der Waals surface area contributed by atoms with E-state index in [2.05, 4.69) is 28.1 Å². The summed E-state index contributed by atoms with van der Waals surface area (Å²) in [5.74, 6) is 0. The number of aliphatic hydroxyl groups excluding tert-OH is 1. The molecule has 0 saturated carbocycles. The van der Waals surface area contributed by atoms with Gasteiger partial charge in [-0.05, 0) is 35.6 Å². The third kappa shape index (κ3) is 4.86. The monoisotopic (exact) mass is 312 g/mol. The molecule has 122 valence electrons. The number of aliphatic hydroxyl groups is 1. The summed E-state index contributed by atoms with van der Waals surface area (Å²) in [6, 6.07) is 12.3. The van der Waals surface area contributed by atoms with Gasteiger partial charge in [0, 0.05) is 38.6 Å². The van der Waals surface area contributed by atoms with E-state index in [4.69, 9.17) is 9.84 Å². The average Bonchev–Trinajstić information content (AvgIpc) is 3.09. The first-order chi connectivity index (χ1) is 11.3. The summed E-state index contributed by atoms with van der Waals surface area (Å²) < 4.78 is 5.81. The smallest absolute Gasteiger partial charge is 0.0703 e. The fourth-order valence-corrected chi connectivity index (χ4v) is 3.02. The highest BCUT2D eigenvalue weighted by Crippen LogP contribution is 2.17. The second-order valence-electron chi connectivity index (χ2n) is 6.14. The number of aromatic nitrogens is 1. The first-order valence-electron chi connectivity index (χ1n) is 8.25. The third-order valence-corrected chi connectivity index (χ3v) is 4.23. The van der Waals surface area contributed by atoms with E-state index in [1.165, 1.54) is 11.1 Å². The van der Waals surface area contributed by atoms with E-state index in [0.717, 1.165) is 44.6 Å². The Hall–Kier alpha value is -1.75. The van der Waals surface area contributed by atoms with Gasteiger partial charge >= 0.3 is 0 Å². The summed E-state index contributed by atoms with van der Waals surface area (Å²) in [6.45, 7) is 3.67. The summed E-state index contributed by atoms with van der Waals surface area (Å²) in [5.41, 5.74) is 3.42. The molecule has 2 aromatic rings. The van der Waals surface area contributed by atoms with Gasteiger partial charge in [0.15, 0.2) is 0 Å². The molecule has 1 aromatic heterocycles. The maximum Gasteiger partial charge on any atom is 0.0703 e. The first-order valence-corrected chi connectivity index (χ1v) is 8.25. The van der Waals surface area contributed by atoms with Gasteiger partial charge in [0.05, 0.1) is 12.7 Å². The van der Waals surface area contributed by atoms with Crippen molar-refractivity contribution in [3.05, 3.63) is 65.5 Å². The van der Waals surface area contributed by atoms with E-state index < -0.39 is 0 Å². The van der Waals surface area contributed by atoms with Crippen LogP contribution in [0.2, 0.25) is 0 Å². The molecule has 2 heterocycles. The fourth-order valence-electron chi connectivity index (χ4n) is 3.02. The molecule has 1 aliphatic rings. The largest absolute Gasteiger partial charge is 0.392 e. The van der Waals surface area contributed by atoms with E-state index in [1.54, 1.807) is 0 Å². The van der Waals surface area contributed by atoms with E-state index >= 15 is 0 Å². The number of rotatable bonds is 7. The van der Waals surface area contributed by atoms with Crippen molar-refractivity contribution in [1.82, 2.24) is 9.88 Å². The summed E-state index contributed by atoms with van der Waals surface area (Å²) in [5, 5.41) is 9.16. The Morgan fingerprint density at radius 2 is 1.87 bits per heavy atom. The Morgan fingerprint density at radius 3 is 2.52 bits per heavy atom. The average molecular weight is 312 g/mol. The molecule has 4 heteroatoms. The van der Waals surface area contributed by atoms with Crippen LogP contribution in [0.3, 0.4) is 0 Å². The highest BCUT2D eigenvalue weighted by atomic mass is 16.5. The number of pyridine rings is 1. The number of hydrogen-bond acceptors (Lipinski definition) is 4. The van der Waals surface area contributed by atoms with Gasteiger partial charge in [-0.2, -0.15) is 0 Å². The molecule has 3 rings (SSSR count). The lowest BCUT2D eigenvalue weighted by Crippen LogP contribution is -2.31. The maximum atomic E-state index is 9.16. The van der Waals surface area contributed by atoms with Gasteiger partial charge < -0.3 is 9.84 Å². The van der Waals surface area contributed by atoms with Crippen LogP contribution < -0.4 is 0 Å². The van der Waals surface area contributed by atoms with Crippen molar-refractivity contribution in [3.8, 4) is 0 Å². The zero-order chi connectivity index (χ0) is 15.9. The molecule has 1 atom stereocenters. The van der Waals surface area contributed by atoms with E-state index in [1.807, 2.05) is 30.6 Å². The Kier molecular flexibility index (Phi) is 5.75. The Labute approximate surface area is 137 Å². The Bertz CT molecular complexity index is 580. The molecular formula is C19H24N2O2. The van der Waals surface area contributed by atoms with Gasteiger partial charge in [0.1, 0.15) is 0 Å². The SMILES string of the molecule is OCc1ccc(CN(Cc2cccnc2)CC2CCCO2)cc1. The van der Waals surface area contributed by atoms with Crippen molar-refractivity contribution in [3.63, 3.8) is 0 Å². The lowest BCUT2D eigenvalue weighted by molar-refractivity contribution is 0.0679. The van der Waals surface area contributed by atoms with Crippen molar-refractivity contribution < 1.29 is 9.84 Å². The molecule has 1 fully saturated rings. The van der Waals surface area contributed by atoms with E-state index in [0.29, 0.717) is 6.10 Å². The van der Waals surface area contributed by atoms with Crippen LogP contribution in [-0.2, 0) is 24.4 Å². The van der Waals surface area contributed by atoms with Gasteiger partial charge in [-0.1, -0.05) is 30.3 Å². The van der Waals surface area contributed by atoms with Crippen LogP contribution in [0.1, 0.15) is 29.5 Å². The molecule has 0 aliphatic carbocycles. The molecule has 1 saturated heterocycles. The minimum Gasteiger partial charge on any atom is -0.392 e. The van der Waals surface area contributed by atoms with Crippen molar-refractivity contribution in [2.75, 3.05) is 13.2 Å². The molecule has 0 radical (unpaired) electrons. The van der Waals surface area contributed by atoms with Crippen LogP contribution in [0.4, 0.5) is 0 Å². The second kappa shape index (κ2) is 8.20. The number of benzene rings is 1. The van der Waals surface area contributed by atoms with Crippen LogP contribution in [-0.4, -0.2) is 34.2 Å². The quantitative estimate of drug-likeness (QED) is 0.854. The van der Waals surface area contributed by atoms with Gasteiger partial charge in [-0.15, -0.1) is 0 Å². The second-order valence-corrected chi connectivity index (χ2v) is 6.14. The van der Waals surface area contributed by atoms with Gasteiger partial charge in [0.25, 0.3) is 0 Å². The van der Waals surface area contributed by atoms with Crippen molar-refractivity contribution in [1.29, 1.82) is 0 Å². The van der Waals surface area contributed by atoms with E-state index in [-0.39, 0.29) is 6.61 Å². The number of ether oxygens (including phenoxy) is 1.